The molecule has 124 valence electrons. The Balaban J connectivity index is 1.50. The number of aliphatic hydroxyl groups is 1. The van der Waals surface area contributed by atoms with Gasteiger partial charge in [0.05, 0.1) is 13.1 Å². The lowest BCUT2D eigenvalue weighted by molar-refractivity contribution is -0.910. The molecule has 1 fully saturated rings. The zero-order valence-corrected chi connectivity index (χ0v) is 14.0. The third kappa shape index (κ3) is 4.46. The molecule has 2 aromatic carbocycles. The summed E-state index contributed by atoms with van der Waals surface area (Å²) in [6, 6.07) is 15.0. The van der Waals surface area contributed by atoms with E-state index >= 15 is 0 Å². The Hall–Kier alpha value is -1.58. The maximum absolute atomic E-state index is 10.3. The fourth-order valence-electron chi connectivity index (χ4n) is 3.64. The van der Waals surface area contributed by atoms with Crippen molar-refractivity contribution >= 4 is 10.8 Å². The summed E-state index contributed by atoms with van der Waals surface area (Å²) in [6.45, 7) is 1.13. The van der Waals surface area contributed by atoms with Crippen molar-refractivity contribution in [3.8, 4) is 5.75 Å². The highest BCUT2D eigenvalue weighted by atomic mass is 16.5. The Labute approximate surface area is 138 Å². The molecule has 3 heteroatoms. The summed E-state index contributed by atoms with van der Waals surface area (Å²) in [5, 5.41) is 12.7. The van der Waals surface area contributed by atoms with Crippen LogP contribution in [-0.2, 0) is 0 Å². The zero-order valence-electron chi connectivity index (χ0n) is 14.0. The van der Waals surface area contributed by atoms with Gasteiger partial charge in [0.1, 0.15) is 25.0 Å². The summed E-state index contributed by atoms with van der Waals surface area (Å²) in [6.07, 6.45) is 6.23. The van der Waals surface area contributed by atoms with Crippen molar-refractivity contribution in [1.29, 1.82) is 0 Å². The van der Waals surface area contributed by atoms with Crippen LogP contribution < -0.4 is 9.64 Å². The van der Waals surface area contributed by atoms with Gasteiger partial charge in [0, 0.05) is 0 Å². The van der Waals surface area contributed by atoms with Crippen LogP contribution in [0.1, 0.15) is 32.1 Å². The Morgan fingerprint density at radius 2 is 1.83 bits per heavy atom. The summed E-state index contributed by atoms with van der Waals surface area (Å²) in [7, 11) is 2.20. The number of quaternary nitrogens is 1. The largest absolute Gasteiger partial charge is 0.491 e. The SMILES string of the molecule is C[NH+](CC(O)COc1ccc2ccccc2c1)C1CCCCC1. The summed E-state index contributed by atoms with van der Waals surface area (Å²) in [4.78, 5) is 1.44. The highest BCUT2D eigenvalue weighted by Crippen LogP contribution is 2.20. The molecule has 0 heterocycles. The van der Waals surface area contributed by atoms with E-state index in [1.165, 1.54) is 47.8 Å². The number of benzene rings is 2. The number of rotatable bonds is 6. The minimum absolute atomic E-state index is 0.363. The predicted octanol–water partition coefficient (Wildman–Crippen LogP) is 2.43. The number of aliphatic hydroxyl groups excluding tert-OH is 1. The summed E-state index contributed by atoms with van der Waals surface area (Å²) >= 11 is 0. The van der Waals surface area contributed by atoms with Gasteiger partial charge >= 0.3 is 0 Å². The van der Waals surface area contributed by atoms with Crippen LogP contribution in [0.3, 0.4) is 0 Å². The van der Waals surface area contributed by atoms with E-state index in [1.807, 2.05) is 24.3 Å². The first-order valence-electron chi connectivity index (χ1n) is 8.84. The molecule has 2 unspecified atom stereocenters. The standard InChI is InChI=1S/C20H27NO2/c1-21(18-9-3-2-4-10-18)14-19(22)15-23-20-12-11-16-7-5-6-8-17(16)13-20/h5-8,11-13,18-19,22H,2-4,9-10,14-15H2,1H3/p+1. The number of ether oxygens (including phenoxy) is 1. The van der Waals surface area contributed by atoms with Crippen molar-refractivity contribution in [3.63, 3.8) is 0 Å². The Kier molecular flexibility index (Phi) is 5.52. The van der Waals surface area contributed by atoms with Crippen molar-refractivity contribution in [2.75, 3.05) is 20.2 Å². The van der Waals surface area contributed by atoms with E-state index in [2.05, 4.69) is 25.2 Å². The van der Waals surface area contributed by atoms with E-state index < -0.39 is 6.10 Å². The number of fused-ring (bicyclic) bond motifs is 1. The summed E-state index contributed by atoms with van der Waals surface area (Å²) in [5.74, 6) is 0.832. The molecular formula is C20H28NO2+. The van der Waals surface area contributed by atoms with Crippen LogP contribution >= 0.6 is 0 Å². The summed E-state index contributed by atoms with van der Waals surface area (Å²) < 4.78 is 5.80. The molecule has 0 aliphatic heterocycles. The van der Waals surface area contributed by atoms with Gasteiger partial charge in [-0.25, -0.2) is 0 Å². The minimum atomic E-state index is -0.414. The molecule has 0 amide bonds. The second-order valence-corrected chi connectivity index (χ2v) is 6.86. The van der Waals surface area contributed by atoms with Crippen molar-refractivity contribution in [2.24, 2.45) is 0 Å². The molecule has 3 rings (SSSR count). The lowest BCUT2D eigenvalue weighted by Crippen LogP contribution is -3.14. The van der Waals surface area contributed by atoms with E-state index in [9.17, 15) is 5.11 Å². The van der Waals surface area contributed by atoms with Crippen molar-refractivity contribution in [1.82, 2.24) is 0 Å². The molecule has 2 N–H and O–H groups in total. The first-order chi connectivity index (χ1) is 11.2. The smallest absolute Gasteiger partial charge is 0.137 e. The first-order valence-corrected chi connectivity index (χ1v) is 8.84. The summed E-state index contributed by atoms with van der Waals surface area (Å²) in [5.41, 5.74) is 0. The number of likely N-dealkylation sites (N-methyl/N-ethyl adjacent to an activating group) is 1. The highest BCUT2D eigenvalue weighted by Gasteiger charge is 2.23. The van der Waals surface area contributed by atoms with Gasteiger partial charge in [-0.3, -0.25) is 0 Å². The van der Waals surface area contributed by atoms with Crippen LogP contribution in [0.4, 0.5) is 0 Å². The van der Waals surface area contributed by atoms with Gasteiger partial charge < -0.3 is 14.7 Å². The van der Waals surface area contributed by atoms with Gasteiger partial charge in [-0.1, -0.05) is 36.8 Å². The zero-order chi connectivity index (χ0) is 16.1. The Bertz CT molecular complexity index is 622. The molecule has 2 aromatic rings. The molecule has 1 saturated carbocycles. The molecule has 3 nitrogen and oxygen atoms in total. The van der Waals surface area contributed by atoms with Crippen molar-refractivity contribution in [2.45, 2.75) is 44.2 Å². The highest BCUT2D eigenvalue weighted by molar-refractivity contribution is 5.83. The van der Waals surface area contributed by atoms with Crippen LogP contribution in [0.25, 0.3) is 10.8 Å². The van der Waals surface area contributed by atoms with Crippen LogP contribution in [0.2, 0.25) is 0 Å². The lowest BCUT2D eigenvalue weighted by atomic mass is 9.94. The van der Waals surface area contributed by atoms with E-state index in [0.717, 1.165) is 12.3 Å². The lowest BCUT2D eigenvalue weighted by Gasteiger charge is -2.29. The predicted molar refractivity (Wildman–Crippen MR) is 94.1 cm³/mol. The van der Waals surface area contributed by atoms with Crippen LogP contribution in [0.5, 0.6) is 5.75 Å². The minimum Gasteiger partial charge on any atom is -0.491 e. The number of hydrogen-bond donors (Lipinski definition) is 2. The fraction of sp³-hybridized carbons (Fsp3) is 0.500. The molecule has 23 heavy (non-hydrogen) atoms. The second kappa shape index (κ2) is 7.80. The van der Waals surface area contributed by atoms with E-state index in [0.29, 0.717) is 12.6 Å². The van der Waals surface area contributed by atoms with E-state index in [4.69, 9.17) is 4.74 Å². The van der Waals surface area contributed by atoms with Gasteiger partial charge in [0.2, 0.25) is 0 Å². The maximum atomic E-state index is 10.3. The molecule has 0 radical (unpaired) electrons. The third-order valence-corrected chi connectivity index (χ3v) is 5.02. The Morgan fingerprint density at radius 1 is 1.09 bits per heavy atom. The topological polar surface area (TPSA) is 33.9 Å². The molecule has 0 spiro atoms. The third-order valence-electron chi connectivity index (χ3n) is 5.02. The van der Waals surface area contributed by atoms with Crippen LogP contribution in [0.15, 0.2) is 42.5 Å². The number of hydrogen-bond acceptors (Lipinski definition) is 2. The number of nitrogens with one attached hydrogen (secondary N) is 1. The molecular weight excluding hydrogens is 286 g/mol. The van der Waals surface area contributed by atoms with Crippen LogP contribution in [-0.4, -0.2) is 37.5 Å². The monoisotopic (exact) mass is 314 g/mol. The maximum Gasteiger partial charge on any atom is 0.137 e. The molecule has 2 atom stereocenters. The van der Waals surface area contributed by atoms with Gasteiger partial charge in [-0.05, 0) is 48.6 Å². The molecule has 1 aliphatic carbocycles. The molecule has 0 saturated heterocycles. The molecule has 1 aliphatic rings. The average molecular weight is 314 g/mol. The first kappa shape index (κ1) is 16.3. The van der Waals surface area contributed by atoms with Crippen LogP contribution in [0, 0.1) is 0 Å². The van der Waals surface area contributed by atoms with Gasteiger partial charge in [-0.15, -0.1) is 0 Å². The Morgan fingerprint density at radius 3 is 2.61 bits per heavy atom. The van der Waals surface area contributed by atoms with Crippen molar-refractivity contribution in [3.05, 3.63) is 42.5 Å². The van der Waals surface area contributed by atoms with E-state index in [-0.39, 0.29) is 0 Å². The molecule has 0 bridgehead atoms. The van der Waals surface area contributed by atoms with Gasteiger partial charge in [0.25, 0.3) is 0 Å². The van der Waals surface area contributed by atoms with E-state index in [1.54, 1.807) is 0 Å². The van der Waals surface area contributed by atoms with Gasteiger partial charge in [-0.2, -0.15) is 0 Å². The normalized spacial score (nSPS) is 18.7. The quantitative estimate of drug-likeness (QED) is 0.859. The fourth-order valence-corrected chi connectivity index (χ4v) is 3.64. The van der Waals surface area contributed by atoms with Gasteiger partial charge in [0.15, 0.2) is 0 Å². The average Bonchev–Trinajstić information content (AvgIpc) is 2.60. The van der Waals surface area contributed by atoms with Crippen molar-refractivity contribution < 1.29 is 14.7 Å². The molecule has 0 aromatic heterocycles. The second-order valence-electron chi connectivity index (χ2n) is 6.86.